The summed E-state index contributed by atoms with van der Waals surface area (Å²) in [4.78, 5) is 11.0. The highest BCUT2D eigenvalue weighted by molar-refractivity contribution is 7.85. The van der Waals surface area contributed by atoms with Gasteiger partial charge in [-0.3, -0.25) is 9.45 Å². The van der Waals surface area contributed by atoms with Crippen molar-refractivity contribution in [3.63, 3.8) is 0 Å². The van der Waals surface area contributed by atoms with Crippen LogP contribution in [-0.4, -0.2) is 34.4 Å². The van der Waals surface area contributed by atoms with Gasteiger partial charge in [0.2, 0.25) is 5.09 Å². The number of hydrogen-bond donors (Lipinski definition) is 1. The minimum absolute atomic E-state index is 0.439. The van der Waals surface area contributed by atoms with E-state index in [1.807, 2.05) is 6.07 Å². The molecule has 0 spiro atoms. The lowest BCUT2D eigenvalue weighted by molar-refractivity contribution is 0.216. The van der Waals surface area contributed by atoms with Gasteiger partial charge in [0.1, 0.15) is 5.76 Å². The predicted octanol–water partition coefficient (Wildman–Crippen LogP) is 2.13. The summed E-state index contributed by atoms with van der Waals surface area (Å²) in [5.74, 6) is 1.68. The van der Waals surface area contributed by atoms with Crippen LogP contribution in [-0.2, 0) is 29.6 Å². The lowest BCUT2D eigenvalue weighted by atomic mass is 10.1. The molecular weight excluding hydrogens is 346 g/mol. The highest BCUT2D eigenvalue weighted by Gasteiger charge is 2.21. The number of rotatable bonds is 4. The molecule has 0 amide bonds. The monoisotopic (exact) mass is 361 g/mol. The Labute approximate surface area is 143 Å². The summed E-state index contributed by atoms with van der Waals surface area (Å²) >= 11 is 0. The van der Waals surface area contributed by atoms with Gasteiger partial charge in [0.05, 0.1) is 18.5 Å². The second kappa shape index (κ2) is 6.10. The molecule has 0 saturated heterocycles. The number of nitrogens with zero attached hydrogens (tertiary/aromatic N) is 3. The Bertz CT molecular complexity index is 995. The number of fused-ring (bicyclic) bond motifs is 1. The first-order chi connectivity index (χ1) is 12.0. The van der Waals surface area contributed by atoms with E-state index in [-0.39, 0.29) is 0 Å². The molecule has 0 bridgehead atoms. The minimum atomic E-state index is -4.31. The number of aromatic nitrogens is 2. The van der Waals surface area contributed by atoms with Gasteiger partial charge in [0, 0.05) is 31.3 Å². The molecule has 4 rings (SSSR count). The molecule has 3 aromatic rings. The first-order valence-corrected chi connectivity index (χ1v) is 9.10. The second-order valence-corrected chi connectivity index (χ2v) is 7.15. The van der Waals surface area contributed by atoms with E-state index >= 15 is 0 Å². The molecule has 1 aliphatic rings. The zero-order valence-corrected chi connectivity index (χ0v) is 13.9. The Balaban J connectivity index is 1.49. The molecule has 130 valence electrons. The van der Waals surface area contributed by atoms with E-state index in [9.17, 15) is 8.42 Å². The van der Waals surface area contributed by atoms with Gasteiger partial charge in [-0.05, 0) is 24.3 Å². The van der Waals surface area contributed by atoms with E-state index in [4.69, 9.17) is 13.4 Å². The summed E-state index contributed by atoms with van der Waals surface area (Å²) in [5.41, 5.74) is 2.00. The van der Waals surface area contributed by atoms with Crippen molar-refractivity contribution in [3.05, 3.63) is 53.7 Å². The van der Waals surface area contributed by atoms with Gasteiger partial charge in [-0.25, -0.2) is 9.97 Å². The van der Waals surface area contributed by atoms with Gasteiger partial charge in [-0.1, -0.05) is 0 Å². The first kappa shape index (κ1) is 16.0. The van der Waals surface area contributed by atoms with Crippen molar-refractivity contribution < 1.29 is 21.8 Å². The summed E-state index contributed by atoms with van der Waals surface area (Å²) in [7, 11) is -4.31. The molecule has 0 aliphatic carbocycles. The Morgan fingerprint density at radius 3 is 2.88 bits per heavy atom. The molecule has 4 heterocycles. The van der Waals surface area contributed by atoms with E-state index in [2.05, 4.69) is 14.9 Å². The van der Waals surface area contributed by atoms with Gasteiger partial charge >= 0.3 is 10.1 Å². The van der Waals surface area contributed by atoms with Crippen LogP contribution in [0, 0.1) is 0 Å². The van der Waals surface area contributed by atoms with Crippen molar-refractivity contribution in [1.82, 2.24) is 14.9 Å². The molecule has 0 saturated carbocycles. The van der Waals surface area contributed by atoms with E-state index in [0.717, 1.165) is 24.2 Å². The predicted molar refractivity (Wildman–Crippen MR) is 86.1 cm³/mol. The fourth-order valence-corrected chi connectivity index (χ4v) is 3.29. The van der Waals surface area contributed by atoms with Gasteiger partial charge in [-0.15, -0.1) is 0 Å². The van der Waals surface area contributed by atoms with E-state index in [0.29, 0.717) is 30.4 Å². The average molecular weight is 361 g/mol. The van der Waals surface area contributed by atoms with Crippen LogP contribution in [0.3, 0.4) is 0 Å². The van der Waals surface area contributed by atoms with Gasteiger partial charge in [0.25, 0.3) is 0 Å². The first-order valence-electron chi connectivity index (χ1n) is 7.66. The molecule has 0 unspecified atom stereocenters. The summed E-state index contributed by atoms with van der Waals surface area (Å²) < 4.78 is 41.6. The van der Waals surface area contributed by atoms with Gasteiger partial charge in [-0.2, -0.15) is 8.42 Å². The van der Waals surface area contributed by atoms with Crippen LogP contribution in [0.25, 0.3) is 11.6 Å². The smallest absolute Gasteiger partial charge is 0.328 e. The third-order valence-corrected chi connectivity index (χ3v) is 4.75. The Hall–Kier alpha value is -2.49. The maximum Gasteiger partial charge on any atom is 0.328 e. The quantitative estimate of drug-likeness (QED) is 0.704. The van der Waals surface area contributed by atoms with Crippen molar-refractivity contribution in [2.75, 3.05) is 6.54 Å². The largest absolute Gasteiger partial charge is 0.461 e. The van der Waals surface area contributed by atoms with E-state index in [1.165, 1.54) is 6.07 Å². The topological polar surface area (TPSA) is 110 Å². The average Bonchev–Trinajstić information content (AvgIpc) is 3.25. The zero-order valence-electron chi connectivity index (χ0n) is 13.1. The van der Waals surface area contributed by atoms with Gasteiger partial charge in [0.15, 0.2) is 11.6 Å². The standard InChI is InChI=1S/C16H15N3O5S/c20-25(21,22)15-4-3-12(24-15)10-19-6-5-13-11(9-19)8-17-16(18-13)14-2-1-7-23-14/h1-4,7-8H,5-6,9-10H2,(H,20,21,22). The Morgan fingerprint density at radius 1 is 1.28 bits per heavy atom. The van der Waals surface area contributed by atoms with Crippen LogP contribution in [0.5, 0.6) is 0 Å². The second-order valence-electron chi connectivity index (χ2n) is 5.80. The Kier molecular flexibility index (Phi) is 3.91. The molecule has 0 fully saturated rings. The van der Waals surface area contributed by atoms with Crippen LogP contribution >= 0.6 is 0 Å². The third-order valence-electron chi connectivity index (χ3n) is 4.03. The highest BCUT2D eigenvalue weighted by atomic mass is 32.2. The van der Waals surface area contributed by atoms with E-state index < -0.39 is 15.2 Å². The van der Waals surface area contributed by atoms with Crippen LogP contribution in [0.15, 0.2) is 50.7 Å². The fraction of sp³-hybridized carbons (Fsp3) is 0.250. The van der Waals surface area contributed by atoms with Crippen molar-refractivity contribution in [3.8, 4) is 11.6 Å². The Morgan fingerprint density at radius 2 is 2.16 bits per heavy atom. The zero-order chi connectivity index (χ0) is 17.4. The van der Waals surface area contributed by atoms with Crippen LogP contribution in [0.2, 0.25) is 0 Å². The van der Waals surface area contributed by atoms with Crippen LogP contribution < -0.4 is 0 Å². The normalized spacial score (nSPS) is 15.2. The van der Waals surface area contributed by atoms with E-state index in [1.54, 1.807) is 24.6 Å². The molecule has 0 aromatic carbocycles. The van der Waals surface area contributed by atoms with Crippen molar-refractivity contribution in [2.24, 2.45) is 0 Å². The lowest BCUT2D eigenvalue weighted by Crippen LogP contribution is -2.30. The molecule has 1 aliphatic heterocycles. The highest BCUT2D eigenvalue weighted by Crippen LogP contribution is 2.23. The summed E-state index contributed by atoms with van der Waals surface area (Å²) in [6.45, 7) is 1.83. The van der Waals surface area contributed by atoms with Crippen molar-refractivity contribution in [1.29, 1.82) is 0 Å². The van der Waals surface area contributed by atoms with Gasteiger partial charge < -0.3 is 8.83 Å². The maximum atomic E-state index is 11.1. The fourth-order valence-electron chi connectivity index (χ4n) is 2.84. The van der Waals surface area contributed by atoms with Crippen LogP contribution in [0.4, 0.5) is 0 Å². The molecule has 25 heavy (non-hydrogen) atoms. The SMILES string of the molecule is O=S(=O)(O)c1ccc(CN2CCc3nc(-c4ccco4)ncc3C2)o1. The number of hydrogen-bond acceptors (Lipinski definition) is 7. The third kappa shape index (κ3) is 3.34. The molecular formula is C16H15N3O5S. The summed E-state index contributed by atoms with van der Waals surface area (Å²) in [5, 5.41) is -0.439. The van der Waals surface area contributed by atoms with Crippen LogP contribution in [0.1, 0.15) is 17.0 Å². The van der Waals surface area contributed by atoms with Crippen molar-refractivity contribution in [2.45, 2.75) is 24.6 Å². The lowest BCUT2D eigenvalue weighted by Gasteiger charge is -2.27. The molecule has 8 nitrogen and oxygen atoms in total. The maximum absolute atomic E-state index is 11.1. The molecule has 1 N–H and O–H groups in total. The minimum Gasteiger partial charge on any atom is -0.461 e. The summed E-state index contributed by atoms with van der Waals surface area (Å²) in [6, 6.07) is 6.42. The molecule has 9 heteroatoms. The number of furan rings is 2. The summed E-state index contributed by atoms with van der Waals surface area (Å²) in [6.07, 6.45) is 4.12. The molecule has 0 radical (unpaired) electrons. The molecule has 0 atom stereocenters. The van der Waals surface area contributed by atoms with Crippen molar-refractivity contribution >= 4 is 10.1 Å². The molecule has 3 aromatic heterocycles.